The van der Waals surface area contributed by atoms with Gasteiger partial charge in [0.05, 0.1) is 18.1 Å². The first kappa shape index (κ1) is 19.7. The van der Waals surface area contributed by atoms with Crippen molar-refractivity contribution < 1.29 is 20.1 Å². The molecule has 0 saturated heterocycles. The maximum absolute atomic E-state index is 11.3. The molecule has 4 nitrogen and oxygen atoms in total. The Hall–Kier alpha value is -0.610. The molecule has 0 unspecified atom stereocenters. The lowest BCUT2D eigenvalue weighted by molar-refractivity contribution is -0.156. The Morgan fingerprint density at radius 3 is 2.37 bits per heavy atom. The average molecular weight is 379 g/mol. The molecule has 4 aliphatic rings. The number of rotatable bonds is 3. The van der Waals surface area contributed by atoms with E-state index in [1.165, 1.54) is 19.3 Å². The van der Waals surface area contributed by atoms with Gasteiger partial charge in [0.1, 0.15) is 0 Å². The third-order valence-corrected chi connectivity index (χ3v) is 9.90. The Kier molecular flexibility index (Phi) is 4.71. The molecular formula is C23H38O4. The van der Waals surface area contributed by atoms with Crippen molar-refractivity contribution >= 4 is 5.97 Å². The second-order valence-corrected chi connectivity index (χ2v) is 11.2. The highest BCUT2D eigenvalue weighted by Gasteiger charge is 2.62. The molecular weight excluding hydrogens is 340 g/mol. The van der Waals surface area contributed by atoms with Gasteiger partial charge in [-0.1, -0.05) is 13.8 Å². The minimum absolute atomic E-state index is 0.0670. The van der Waals surface area contributed by atoms with E-state index in [-0.39, 0.29) is 23.9 Å². The highest BCUT2D eigenvalue weighted by molar-refractivity contribution is 5.68. The van der Waals surface area contributed by atoms with Crippen LogP contribution < -0.4 is 0 Å². The van der Waals surface area contributed by atoms with Gasteiger partial charge in [0.2, 0.25) is 0 Å². The molecule has 0 amide bonds. The molecule has 3 N–H and O–H groups in total. The number of carboxylic acids is 1. The highest BCUT2D eigenvalue weighted by atomic mass is 16.4. The van der Waals surface area contributed by atoms with E-state index in [9.17, 15) is 20.1 Å². The smallest absolute Gasteiger partial charge is 0.306 e. The molecule has 154 valence electrons. The van der Waals surface area contributed by atoms with Gasteiger partial charge in [-0.05, 0) is 105 Å². The van der Waals surface area contributed by atoms with Crippen molar-refractivity contribution in [3.05, 3.63) is 0 Å². The monoisotopic (exact) mass is 378 g/mol. The Morgan fingerprint density at radius 1 is 1.00 bits per heavy atom. The molecule has 0 aromatic heterocycles. The fourth-order valence-electron chi connectivity index (χ4n) is 8.69. The molecule has 9 atom stereocenters. The normalized spacial score (nSPS) is 51.6. The number of hydrogen-bond donors (Lipinski definition) is 3. The summed E-state index contributed by atoms with van der Waals surface area (Å²) in [5.74, 6) is 1.93. The number of aliphatic carboxylic acids is 1. The fourth-order valence-corrected chi connectivity index (χ4v) is 8.69. The summed E-state index contributed by atoms with van der Waals surface area (Å²) < 4.78 is 0. The number of fused-ring (bicyclic) bond motifs is 5. The van der Waals surface area contributed by atoms with Crippen LogP contribution in [0, 0.1) is 40.4 Å². The quantitative estimate of drug-likeness (QED) is 0.687. The van der Waals surface area contributed by atoms with Crippen LogP contribution in [0.4, 0.5) is 0 Å². The van der Waals surface area contributed by atoms with Gasteiger partial charge in [-0.2, -0.15) is 0 Å². The van der Waals surface area contributed by atoms with Crippen LogP contribution in [-0.4, -0.2) is 33.0 Å². The largest absolute Gasteiger partial charge is 0.481 e. The molecule has 27 heavy (non-hydrogen) atoms. The zero-order chi connectivity index (χ0) is 19.6. The molecule has 0 aromatic rings. The third-order valence-electron chi connectivity index (χ3n) is 9.90. The van der Waals surface area contributed by atoms with Gasteiger partial charge < -0.3 is 15.3 Å². The predicted octanol–water partition coefficient (Wildman–Crippen LogP) is 4.23. The predicted molar refractivity (Wildman–Crippen MR) is 104 cm³/mol. The van der Waals surface area contributed by atoms with Crippen LogP contribution in [-0.2, 0) is 4.79 Å². The van der Waals surface area contributed by atoms with Crippen molar-refractivity contribution in [3.63, 3.8) is 0 Å². The van der Waals surface area contributed by atoms with Crippen LogP contribution in [0.15, 0.2) is 0 Å². The van der Waals surface area contributed by atoms with E-state index in [0.29, 0.717) is 23.2 Å². The fraction of sp³-hybridized carbons (Fsp3) is 0.957. The minimum atomic E-state index is -1.11. The summed E-state index contributed by atoms with van der Waals surface area (Å²) in [5, 5.41) is 30.5. The highest BCUT2D eigenvalue weighted by Crippen LogP contribution is 2.68. The lowest BCUT2D eigenvalue weighted by atomic mass is 9.44. The van der Waals surface area contributed by atoms with Gasteiger partial charge in [-0.3, -0.25) is 4.79 Å². The van der Waals surface area contributed by atoms with Crippen molar-refractivity contribution in [2.45, 2.75) is 96.7 Å². The van der Waals surface area contributed by atoms with Gasteiger partial charge in [-0.25, -0.2) is 0 Å². The lowest BCUT2D eigenvalue weighted by Crippen LogP contribution is -2.55. The van der Waals surface area contributed by atoms with Crippen molar-refractivity contribution in [2.75, 3.05) is 0 Å². The van der Waals surface area contributed by atoms with E-state index in [0.717, 1.165) is 44.4 Å². The van der Waals surface area contributed by atoms with E-state index < -0.39 is 11.6 Å². The van der Waals surface area contributed by atoms with Crippen LogP contribution in [0.2, 0.25) is 0 Å². The molecule has 0 bridgehead atoms. The molecule has 0 radical (unpaired) electrons. The molecule has 0 aromatic carbocycles. The Morgan fingerprint density at radius 2 is 1.67 bits per heavy atom. The Labute approximate surface area is 163 Å². The van der Waals surface area contributed by atoms with Gasteiger partial charge in [0.25, 0.3) is 0 Å². The molecule has 4 heteroatoms. The van der Waals surface area contributed by atoms with Crippen molar-refractivity contribution in [1.82, 2.24) is 0 Å². The maximum Gasteiger partial charge on any atom is 0.306 e. The zero-order valence-corrected chi connectivity index (χ0v) is 17.3. The van der Waals surface area contributed by atoms with E-state index >= 15 is 0 Å². The SMILES string of the molecule is C[C@]12CC[C@H](O)C[C@H]1CC[C@@H]1[C@@H]2CC[C@@]2(C)[C@H]1CC[C@@H]2[C@](C)(O)CC(=O)O. The zero-order valence-electron chi connectivity index (χ0n) is 17.3. The summed E-state index contributed by atoms with van der Waals surface area (Å²) in [6.07, 6.45) is 9.76. The number of aliphatic hydroxyl groups is 2. The van der Waals surface area contributed by atoms with Crippen LogP contribution in [0.1, 0.15) is 85.0 Å². The van der Waals surface area contributed by atoms with Gasteiger partial charge in [-0.15, -0.1) is 0 Å². The Bertz CT molecular complexity index is 601. The molecule has 4 fully saturated rings. The summed E-state index contributed by atoms with van der Waals surface area (Å²) in [7, 11) is 0. The van der Waals surface area contributed by atoms with E-state index in [1.54, 1.807) is 6.92 Å². The molecule has 0 spiro atoms. The van der Waals surface area contributed by atoms with Crippen molar-refractivity contribution in [3.8, 4) is 0 Å². The van der Waals surface area contributed by atoms with Gasteiger partial charge in [0.15, 0.2) is 0 Å². The third kappa shape index (κ3) is 2.97. The number of hydrogen-bond acceptors (Lipinski definition) is 3. The molecule has 4 rings (SSSR count). The lowest BCUT2D eigenvalue weighted by Gasteiger charge is -2.61. The van der Waals surface area contributed by atoms with Gasteiger partial charge in [0, 0.05) is 0 Å². The maximum atomic E-state index is 11.3. The summed E-state index contributed by atoms with van der Waals surface area (Å²) in [5.41, 5.74) is -0.680. The average Bonchev–Trinajstić information content (AvgIpc) is 2.92. The summed E-state index contributed by atoms with van der Waals surface area (Å²) in [6.45, 7) is 6.60. The first-order valence-electron chi connectivity index (χ1n) is 11.2. The van der Waals surface area contributed by atoms with Crippen LogP contribution in [0.25, 0.3) is 0 Å². The number of aliphatic hydroxyl groups excluding tert-OH is 1. The number of carboxylic acid groups (broad SMARTS) is 1. The first-order chi connectivity index (χ1) is 12.6. The van der Waals surface area contributed by atoms with E-state index in [1.807, 2.05) is 0 Å². The standard InChI is InChI=1S/C23H38O4/c1-21-10-8-15(24)12-14(21)4-5-16-17-6-7-19(23(3,27)13-20(25)26)22(17,2)11-9-18(16)21/h14-19,24,27H,4-13H2,1-3H3,(H,25,26)/t14-,15+,16+,17+,18+,19+,21+,22+,23-/m1/s1. The topological polar surface area (TPSA) is 77.8 Å². The second-order valence-electron chi connectivity index (χ2n) is 11.2. The molecule has 0 heterocycles. The summed E-state index contributed by atoms with van der Waals surface area (Å²) in [6, 6.07) is 0. The first-order valence-corrected chi connectivity index (χ1v) is 11.2. The summed E-state index contributed by atoms with van der Waals surface area (Å²) >= 11 is 0. The van der Waals surface area contributed by atoms with Crippen molar-refractivity contribution in [2.24, 2.45) is 40.4 Å². The number of carbonyl (C=O) groups is 1. The molecule has 4 aliphatic carbocycles. The van der Waals surface area contributed by atoms with Crippen molar-refractivity contribution in [1.29, 1.82) is 0 Å². The van der Waals surface area contributed by atoms with Gasteiger partial charge >= 0.3 is 5.97 Å². The van der Waals surface area contributed by atoms with E-state index in [2.05, 4.69) is 13.8 Å². The van der Waals surface area contributed by atoms with E-state index in [4.69, 9.17) is 0 Å². The molecule has 4 saturated carbocycles. The minimum Gasteiger partial charge on any atom is -0.481 e. The Balaban J connectivity index is 1.58. The second kappa shape index (κ2) is 6.45. The molecule has 0 aliphatic heterocycles. The van der Waals surface area contributed by atoms with Crippen LogP contribution in [0.3, 0.4) is 0 Å². The van der Waals surface area contributed by atoms with Crippen LogP contribution in [0.5, 0.6) is 0 Å². The summed E-state index contributed by atoms with van der Waals surface area (Å²) in [4.78, 5) is 11.3. The van der Waals surface area contributed by atoms with Crippen LogP contribution >= 0.6 is 0 Å².